The van der Waals surface area contributed by atoms with E-state index in [1.807, 2.05) is 25.1 Å². The standard InChI is InChI=1S/C16H18N2O3S/c1-9-12-8-11(21-3)4-5-13(12)22-14(9)16(20)18-7-6-17-15(19)10(18)2/h4-5,8,10H,6-7H2,1-3H3,(H,17,19). The van der Waals surface area contributed by atoms with E-state index < -0.39 is 6.04 Å². The molecule has 0 spiro atoms. The van der Waals surface area contributed by atoms with Crippen molar-refractivity contribution >= 4 is 33.2 Å². The summed E-state index contributed by atoms with van der Waals surface area (Å²) in [6.45, 7) is 4.76. The molecule has 1 saturated heterocycles. The second-order valence-corrected chi connectivity index (χ2v) is 6.44. The van der Waals surface area contributed by atoms with Gasteiger partial charge in [-0.1, -0.05) is 0 Å². The van der Waals surface area contributed by atoms with Gasteiger partial charge in [-0.3, -0.25) is 9.59 Å². The van der Waals surface area contributed by atoms with Crippen LogP contribution in [0.4, 0.5) is 0 Å². The summed E-state index contributed by atoms with van der Waals surface area (Å²) < 4.78 is 6.30. The number of amides is 2. The minimum absolute atomic E-state index is 0.0694. The second-order valence-electron chi connectivity index (χ2n) is 5.38. The van der Waals surface area contributed by atoms with Gasteiger partial charge in [-0.15, -0.1) is 11.3 Å². The van der Waals surface area contributed by atoms with Gasteiger partial charge in [-0.25, -0.2) is 0 Å². The molecule has 1 aliphatic rings. The molecule has 2 amide bonds. The van der Waals surface area contributed by atoms with E-state index in [1.54, 1.807) is 18.9 Å². The molecule has 0 radical (unpaired) electrons. The highest BCUT2D eigenvalue weighted by molar-refractivity contribution is 7.21. The van der Waals surface area contributed by atoms with Crippen molar-refractivity contribution in [1.82, 2.24) is 10.2 Å². The van der Waals surface area contributed by atoms with Crippen LogP contribution in [-0.4, -0.2) is 43.0 Å². The zero-order chi connectivity index (χ0) is 15.9. The molecule has 1 unspecified atom stereocenters. The third kappa shape index (κ3) is 2.33. The average molecular weight is 318 g/mol. The molecule has 1 N–H and O–H groups in total. The summed E-state index contributed by atoms with van der Waals surface area (Å²) in [6, 6.07) is 5.38. The van der Waals surface area contributed by atoms with Gasteiger partial charge in [-0.05, 0) is 43.0 Å². The molecule has 1 fully saturated rings. The van der Waals surface area contributed by atoms with Crippen LogP contribution in [0.2, 0.25) is 0 Å². The molecule has 3 rings (SSSR count). The summed E-state index contributed by atoms with van der Waals surface area (Å²) in [5.74, 6) is 0.609. The minimum Gasteiger partial charge on any atom is -0.497 e. The highest BCUT2D eigenvalue weighted by Crippen LogP contribution is 2.34. The van der Waals surface area contributed by atoms with Crippen LogP contribution in [0.5, 0.6) is 5.75 Å². The van der Waals surface area contributed by atoms with Crippen LogP contribution < -0.4 is 10.1 Å². The molecule has 1 aromatic heterocycles. The Kier molecular flexibility index (Phi) is 3.78. The Morgan fingerprint density at radius 2 is 2.23 bits per heavy atom. The van der Waals surface area contributed by atoms with E-state index in [1.165, 1.54) is 11.3 Å². The number of aryl methyl sites for hydroxylation is 1. The van der Waals surface area contributed by atoms with Crippen molar-refractivity contribution in [2.75, 3.05) is 20.2 Å². The van der Waals surface area contributed by atoms with Crippen molar-refractivity contribution in [2.24, 2.45) is 0 Å². The Morgan fingerprint density at radius 3 is 2.95 bits per heavy atom. The van der Waals surface area contributed by atoms with Crippen molar-refractivity contribution in [3.63, 3.8) is 0 Å². The van der Waals surface area contributed by atoms with Crippen LogP contribution in [0.15, 0.2) is 18.2 Å². The predicted octanol–water partition coefficient (Wildman–Crippen LogP) is 2.18. The molecule has 0 saturated carbocycles. The van der Waals surface area contributed by atoms with E-state index in [0.29, 0.717) is 18.0 Å². The number of ether oxygens (including phenoxy) is 1. The molecule has 5 nitrogen and oxygen atoms in total. The van der Waals surface area contributed by atoms with Gasteiger partial charge in [0, 0.05) is 17.8 Å². The van der Waals surface area contributed by atoms with Crippen LogP contribution in [0.1, 0.15) is 22.2 Å². The third-order valence-corrected chi connectivity index (χ3v) is 5.36. The van der Waals surface area contributed by atoms with E-state index in [4.69, 9.17) is 4.74 Å². The number of hydrogen-bond donors (Lipinski definition) is 1. The topological polar surface area (TPSA) is 58.6 Å². The average Bonchev–Trinajstić information content (AvgIpc) is 2.86. The van der Waals surface area contributed by atoms with Crippen LogP contribution in [0.25, 0.3) is 10.1 Å². The van der Waals surface area contributed by atoms with Gasteiger partial charge in [0.15, 0.2) is 0 Å². The lowest BCUT2D eigenvalue weighted by molar-refractivity contribution is -0.127. The van der Waals surface area contributed by atoms with Crippen LogP contribution in [-0.2, 0) is 4.79 Å². The van der Waals surface area contributed by atoms with Crippen molar-refractivity contribution in [3.8, 4) is 5.75 Å². The first-order chi connectivity index (χ1) is 10.5. The second kappa shape index (κ2) is 5.61. The van der Waals surface area contributed by atoms with Gasteiger partial charge in [0.25, 0.3) is 5.91 Å². The highest BCUT2D eigenvalue weighted by atomic mass is 32.1. The Balaban J connectivity index is 2.00. The number of carbonyl (C=O) groups excluding carboxylic acids is 2. The van der Waals surface area contributed by atoms with Gasteiger partial charge in [0.05, 0.1) is 12.0 Å². The smallest absolute Gasteiger partial charge is 0.264 e. The molecule has 2 aromatic rings. The molecular weight excluding hydrogens is 300 g/mol. The van der Waals surface area contributed by atoms with Gasteiger partial charge in [-0.2, -0.15) is 0 Å². The number of benzene rings is 1. The third-order valence-electron chi connectivity index (χ3n) is 4.10. The zero-order valence-corrected chi connectivity index (χ0v) is 13.6. The molecular formula is C16H18N2O3S. The van der Waals surface area contributed by atoms with E-state index in [-0.39, 0.29) is 11.8 Å². The van der Waals surface area contributed by atoms with Gasteiger partial charge >= 0.3 is 0 Å². The maximum Gasteiger partial charge on any atom is 0.264 e. The summed E-state index contributed by atoms with van der Waals surface area (Å²) in [5, 5.41) is 3.81. The van der Waals surface area contributed by atoms with Crippen molar-refractivity contribution in [2.45, 2.75) is 19.9 Å². The Morgan fingerprint density at radius 1 is 1.45 bits per heavy atom. The molecule has 0 aliphatic carbocycles. The number of methoxy groups -OCH3 is 1. The molecule has 2 heterocycles. The van der Waals surface area contributed by atoms with E-state index in [2.05, 4.69) is 5.32 Å². The van der Waals surface area contributed by atoms with Crippen LogP contribution in [0, 0.1) is 6.92 Å². The fourth-order valence-corrected chi connectivity index (χ4v) is 3.87. The fraction of sp³-hybridized carbons (Fsp3) is 0.375. The molecule has 1 aromatic carbocycles. The SMILES string of the molecule is COc1ccc2sc(C(=O)N3CCNC(=O)C3C)c(C)c2c1. The summed E-state index contributed by atoms with van der Waals surface area (Å²) >= 11 is 1.47. The Hall–Kier alpha value is -2.08. The van der Waals surface area contributed by atoms with E-state index >= 15 is 0 Å². The van der Waals surface area contributed by atoms with Crippen LogP contribution >= 0.6 is 11.3 Å². The summed E-state index contributed by atoms with van der Waals surface area (Å²) in [4.78, 5) is 26.9. The first-order valence-electron chi connectivity index (χ1n) is 7.18. The van der Waals surface area contributed by atoms with Gasteiger partial charge in [0.2, 0.25) is 5.91 Å². The quantitative estimate of drug-likeness (QED) is 0.923. The molecule has 22 heavy (non-hydrogen) atoms. The van der Waals surface area contributed by atoms with E-state index in [0.717, 1.165) is 21.4 Å². The summed E-state index contributed by atoms with van der Waals surface area (Å²) in [5.41, 5.74) is 0.946. The number of nitrogens with zero attached hydrogens (tertiary/aromatic N) is 1. The first kappa shape index (κ1) is 14.8. The van der Waals surface area contributed by atoms with Crippen molar-refractivity contribution < 1.29 is 14.3 Å². The van der Waals surface area contributed by atoms with Crippen LogP contribution in [0.3, 0.4) is 0 Å². The maximum atomic E-state index is 12.8. The normalized spacial score (nSPS) is 18.4. The number of hydrogen-bond acceptors (Lipinski definition) is 4. The molecule has 1 atom stereocenters. The Bertz CT molecular complexity index is 753. The summed E-state index contributed by atoms with van der Waals surface area (Å²) in [7, 11) is 1.63. The lowest BCUT2D eigenvalue weighted by Crippen LogP contribution is -2.55. The van der Waals surface area contributed by atoms with Gasteiger partial charge < -0.3 is 15.0 Å². The summed E-state index contributed by atoms with van der Waals surface area (Å²) in [6.07, 6.45) is 0. The number of rotatable bonds is 2. The fourth-order valence-electron chi connectivity index (χ4n) is 2.72. The predicted molar refractivity (Wildman–Crippen MR) is 86.6 cm³/mol. The monoisotopic (exact) mass is 318 g/mol. The molecule has 1 aliphatic heterocycles. The minimum atomic E-state index is -0.430. The zero-order valence-electron chi connectivity index (χ0n) is 12.8. The number of thiophene rings is 1. The lowest BCUT2D eigenvalue weighted by atomic mass is 10.1. The van der Waals surface area contributed by atoms with Crippen molar-refractivity contribution in [3.05, 3.63) is 28.6 Å². The largest absolute Gasteiger partial charge is 0.497 e. The number of nitrogens with one attached hydrogen (secondary N) is 1. The lowest BCUT2D eigenvalue weighted by Gasteiger charge is -2.32. The van der Waals surface area contributed by atoms with Gasteiger partial charge in [0.1, 0.15) is 11.8 Å². The first-order valence-corrected chi connectivity index (χ1v) is 8.00. The number of carbonyl (C=O) groups is 2. The van der Waals surface area contributed by atoms with Crippen molar-refractivity contribution in [1.29, 1.82) is 0 Å². The maximum absolute atomic E-state index is 12.8. The number of fused-ring (bicyclic) bond motifs is 1. The molecule has 0 bridgehead atoms. The van der Waals surface area contributed by atoms with E-state index in [9.17, 15) is 9.59 Å². The molecule has 116 valence electrons. The highest BCUT2D eigenvalue weighted by Gasteiger charge is 2.31. The Labute approximate surface area is 132 Å². The number of piperazine rings is 1. The molecule has 6 heteroatoms.